The van der Waals surface area contributed by atoms with Gasteiger partial charge >= 0.3 is 0 Å². The Morgan fingerprint density at radius 1 is 1.33 bits per heavy atom. The molecule has 1 aromatic heterocycles. The summed E-state index contributed by atoms with van der Waals surface area (Å²) in [6.45, 7) is 4.03. The molecule has 0 radical (unpaired) electrons. The third-order valence-electron chi connectivity index (χ3n) is 3.05. The molecule has 2 rings (SSSR count). The second kappa shape index (κ2) is 6.33. The Labute approximate surface area is 122 Å². The van der Waals surface area contributed by atoms with Gasteiger partial charge in [0.2, 0.25) is 0 Å². The Hall–Kier alpha value is -2.45. The number of rotatable bonds is 2. The first kappa shape index (κ1) is 14.9. The standard InChI is InChI=1S/C16H16FN3O/c1-11-8-16(21)20(12(2)19-11)10-14-5-6-15(17)9-13(14)4-3-7-18/h5-6,8-9H,7,10,18H2,1-2H3. The van der Waals surface area contributed by atoms with Crippen molar-refractivity contribution in [3.63, 3.8) is 0 Å². The molecule has 0 amide bonds. The van der Waals surface area contributed by atoms with Gasteiger partial charge in [-0.2, -0.15) is 0 Å². The van der Waals surface area contributed by atoms with Crippen LogP contribution in [-0.4, -0.2) is 16.1 Å². The summed E-state index contributed by atoms with van der Waals surface area (Å²) < 4.78 is 14.9. The number of nitrogens with two attached hydrogens (primary N) is 1. The summed E-state index contributed by atoms with van der Waals surface area (Å²) in [6, 6.07) is 5.80. The first-order chi connectivity index (χ1) is 10.0. The summed E-state index contributed by atoms with van der Waals surface area (Å²) in [6.07, 6.45) is 0. The van der Waals surface area contributed by atoms with E-state index in [0.717, 1.165) is 5.56 Å². The van der Waals surface area contributed by atoms with E-state index in [9.17, 15) is 9.18 Å². The zero-order valence-electron chi connectivity index (χ0n) is 12.0. The molecule has 0 aliphatic carbocycles. The van der Waals surface area contributed by atoms with E-state index in [1.54, 1.807) is 19.9 Å². The molecule has 4 nitrogen and oxygen atoms in total. The monoisotopic (exact) mass is 285 g/mol. The minimum Gasteiger partial charge on any atom is -0.320 e. The highest BCUT2D eigenvalue weighted by molar-refractivity contribution is 5.42. The SMILES string of the molecule is Cc1cc(=O)n(Cc2ccc(F)cc2C#CCN)c(C)n1. The first-order valence-electron chi connectivity index (χ1n) is 6.53. The van der Waals surface area contributed by atoms with E-state index in [-0.39, 0.29) is 17.9 Å². The van der Waals surface area contributed by atoms with Gasteiger partial charge in [0, 0.05) is 17.3 Å². The number of nitrogens with zero attached hydrogens (tertiary/aromatic N) is 2. The van der Waals surface area contributed by atoms with Crippen LogP contribution in [0.2, 0.25) is 0 Å². The molecule has 1 heterocycles. The lowest BCUT2D eigenvalue weighted by atomic mass is 10.1. The largest absolute Gasteiger partial charge is 0.320 e. The Morgan fingerprint density at radius 2 is 2.10 bits per heavy atom. The number of benzene rings is 1. The van der Waals surface area contributed by atoms with E-state index < -0.39 is 0 Å². The predicted molar refractivity (Wildman–Crippen MR) is 79.4 cm³/mol. The first-order valence-corrected chi connectivity index (χ1v) is 6.53. The van der Waals surface area contributed by atoms with Crippen molar-refractivity contribution in [3.8, 4) is 11.8 Å². The van der Waals surface area contributed by atoms with Crippen LogP contribution in [0.15, 0.2) is 29.1 Å². The molecular formula is C16H16FN3O. The number of hydrogen-bond donors (Lipinski definition) is 1. The highest BCUT2D eigenvalue weighted by Crippen LogP contribution is 2.12. The number of hydrogen-bond acceptors (Lipinski definition) is 3. The zero-order chi connectivity index (χ0) is 15.4. The van der Waals surface area contributed by atoms with E-state index in [0.29, 0.717) is 23.6 Å². The van der Waals surface area contributed by atoms with Crippen molar-refractivity contribution in [3.05, 3.63) is 63.1 Å². The summed E-state index contributed by atoms with van der Waals surface area (Å²) in [4.78, 5) is 16.3. The van der Waals surface area contributed by atoms with Gasteiger partial charge in [-0.05, 0) is 31.5 Å². The van der Waals surface area contributed by atoms with E-state index in [1.165, 1.54) is 22.8 Å². The highest BCUT2D eigenvalue weighted by Gasteiger charge is 2.08. The molecule has 0 spiro atoms. The lowest BCUT2D eigenvalue weighted by Gasteiger charge is -2.11. The minimum absolute atomic E-state index is 0.137. The smallest absolute Gasteiger partial charge is 0.254 e. The molecule has 0 fully saturated rings. The van der Waals surface area contributed by atoms with Gasteiger partial charge in [-0.25, -0.2) is 9.37 Å². The van der Waals surface area contributed by atoms with Crippen LogP contribution in [0.5, 0.6) is 0 Å². The Balaban J connectivity index is 2.47. The van der Waals surface area contributed by atoms with Gasteiger partial charge in [-0.3, -0.25) is 9.36 Å². The normalized spacial score (nSPS) is 10.1. The van der Waals surface area contributed by atoms with Gasteiger partial charge in [0.1, 0.15) is 11.6 Å². The minimum atomic E-state index is -0.369. The number of halogens is 1. The van der Waals surface area contributed by atoms with Crippen LogP contribution < -0.4 is 11.3 Å². The highest BCUT2D eigenvalue weighted by atomic mass is 19.1. The second-order valence-corrected chi connectivity index (χ2v) is 4.68. The summed E-state index contributed by atoms with van der Waals surface area (Å²) in [5, 5.41) is 0. The summed E-state index contributed by atoms with van der Waals surface area (Å²) in [5.74, 6) is 5.78. The average Bonchev–Trinajstić information content (AvgIpc) is 2.42. The van der Waals surface area contributed by atoms with Crippen LogP contribution in [0.25, 0.3) is 0 Å². The van der Waals surface area contributed by atoms with Gasteiger partial charge in [-0.15, -0.1) is 0 Å². The average molecular weight is 285 g/mol. The Morgan fingerprint density at radius 3 is 2.76 bits per heavy atom. The molecule has 0 atom stereocenters. The van der Waals surface area contributed by atoms with E-state index in [2.05, 4.69) is 16.8 Å². The maximum Gasteiger partial charge on any atom is 0.254 e. The van der Waals surface area contributed by atoms with E-state index in [1.807, 2.05) is 0 Å². The van der Waals surface area contributed by atoms with E-state index in [4.69, 9.17) is 5.73 Å². The second-order valence-electron chi connectivity index (χ2n) is 4.68. The fourth-order valence-corrected chi connectivity index (χ4v) is 2.08. The van der Waals surface area contributed by atoms with Crippen LogP contribution in [0.1, 0.15) is 22.6 Å². The molecule has 0 saturated heterocycles. The molecule has 108 valence electrons. The van der Waals surface area contributed by atoms with Gasteiger partial charge in [0.05, 0.1) is 13.1 Å². The van der Waals surface area contributed by atoms with Gasteiger partial charge in [0.15, 0.2) is 0 Å². The quantitative estimate of drug-likeness (QED) is 0.847. The van der Waals surface area contributed by atoms with Crippen molar-refractivity contribution in [2.45, 2.75) is 20.4 Å². The third-order valence-corrected chi connectivity index (χ3v) is 3.05. The van der Waals surface area contributed by atoms with E-state index >= 15 is 0 Å². The molecular weight excluding hydrogens is 269 g/mol. The lowest BCUT2D eigenvalue weighted by molar-refractivity contribution is 0.624. The van der Waals surface area contributed by atoms with Crippen molar-refractivity contribution < 1.29 is 4.39 Å². The van der Waals surface area contributed by atoms with Crippen molar-refractivity contribution in [1.82, 2.24) is 9.55 Å². The number of aromatic nitrogens is 2. The van der Waals surface area contributed by atoms with Crippen molar-refractivity contribution >= 4 is 0 Å². The Bertz CT molecular complexity index is 784. The maximum atomic E-state index is 13.3. The summed E-state index contributed by atoms with van der Waals surface area (Å²) in [5.41, 5.74) is 7.18. The topological polar surface area (TPSA) is 60.9 Å². The lowest BCUT2D eigenvalue weighted by Crippen LogP contribution is -2.24. The Kier molecular flexibility index (Phi) is 4.51. The molecule has 2 aromatic rings. The van der Waals surface area contributed by atoms with Gasteiger partial charge < -0.3 is 5.73 Å². The molecule has 0 aliphatic heterocycles. The van der Waals surface area contributed by atoms with Gasteiger partial charge in [-0.1, -0.05) is 17.9 Å². The molecule has 2 N–H and O–H groups in total. The zero-order valence-corrected chi connectivity index (χ0v) is 12.0. The molecule has 0 aliphatic rings. The predicted octanol–water partition coefficient (Wildman–Crippen LogP) is 1.36. The van der Waals surface area contributed by atoms with Crippen molar-refractivity contribution in [2.75, 3.05) is 6.54 Å². The van der Waals surface area contributed by atoms with Crippen LogP contribution in [0.3, 0.4) is 0 Å². The maximum absolute atomic E-state index is 13.3. The van der Waals surface area contributed by atoms with Crippen molar-refractivity contribution in [1.29, 1.82) is 0 Å². The van der Waals surface area contributed by atoms with Gasteiger partial charge in [0.25, 0.3) is 5.56 Å². The molecule has 0 unspecified atom stereocenters. The fraction of sp³-hybridized carbons (Fsp3) is 0.250. The fourth-order valence-electron chi connectivity index (χ4n) is 2.08. The molecule has 21 heavy (non-hydrogen) atoms. The molecule has 0 saturated carbocycles. The van der Waals surface area contributed by atoms with Crippen LogP contribution in [0, 0.1) is 31.5 Å². The molecule has 5 heteroatoms. The molecule has 0 bridgehead atoms. The third kappa shape index (κ3) is 3.56. The molecule has 1 aromatic carbocycles. The van der Waals surface area contributed by atoms with Crippen LogP contribution in [0.4, 0.5) is 4.39 Å². The number of aryl methyl sites for hydroxylation is 2. The summed E-state index contributed by atoms with van der Waals surface area (Å²) in [7, 11) is 0. The van der Waals surface area contributed by atoms with Crippen LogP contribution in [-0.2, 0) is 6.54 Å². The van der Waals surface area contributed by atoms with Crippen molar-refractivity contribution in [2.24, 2.45) is 5.73 Å². The van der Waals surface area contributed by atoms with Crippen LogP contribution >= 0.6 is 0 Å². The summed E-state index contributed by atoms with van der Waals surface area (Å²) >= 11 is 0.